The first-order chi connectivity index (χ1) is 13.5. The first-order valence-corrected chi connectivity index (χ1v) is 9.68. The number of aromatic nitrogens is 3. The number of hydrogen-bond acceptors (Lipinski definition) is 6. The summed E-state index contributed by atoms with van der Waals surface area (Å²) >= 11 is 1.53. The second kappa shape index (κ2) is 7.39. The number of nitro groups is 1. The number of amides is 1. The number of nitrogens with zero attached hydrogens (tertiary/aromatic N) is 4. The number of non-ortho nitro benzene ring substituents is 1. The molecule has 28 heavy (non-hydrogen) atoms. The van der Waals surface area contributed by atoms with Crippen molar-refractivity contribution in [1.29, 1.82) is 0 Å². The fourth-order valence-corrected chi connectivity index (χ4v) is 3.62. The number of hydrogen-bond donors (Lipinski definition) is 1. The molecular formula is C18H17N5O4S. The van der Waals surface area contributed by atoms with Crippen LogP contribution >= 0.6 is 11.3 Å². The predicted octanol–water partition coefficient (Wildman–Crippen LogP) is 2.45. The van der Waals surface area contributed by atoms with Gasteiger partial charge in [-0.3, -0.25) is 19.5 Å². The van der Waals surface area contributed by atoms with Crippen LogP contribution in [0.15, 0.2) is 46.6 Å². The van der Waals surface area contributed by atoms with Crippen LogP contribution in [0, 0.1) is 10.1 Å². The third-order valence-electron chi connectivity index (χ3n) is 4.47. The summed E-state index contributed by atoms with van der Waals surface area (Å²) in [5.41, 5.74) is 0.0750. The zero-order chi connectivity index (χ0) is 19.7. The summed E-state index contributed by atoms with van der Waals surface area (Å²) in [6.45, 7) is 0.469. The van der Waals surface area contributed by atoms with E-state index in [1.54, 1.807) is 4.57 Å². The number of carbonyl (C=O) groups is 1. The molecule has 0 saturated heterocycles. The van der Waals surface area contributed by atoms with E-state index in [-0.39, 0.29) is 36.4 Å². The molecule has 0 unspecified atom stereocenters. The van der Waals surface area contributed by atoms with Crippen molar-refractivity contribution in [1.82, 2.24) is 19.7 Å². The quantitative estimate of drug-likeness (QED) is 0.484. The Kier molecular flexibility index (Phi) is 4.78. The Morgan fingerprint density at radius 1 is 1.29 bits per heavy atom. The van der Waals surface area contributed by atoms with Gasteiger partial charge in [-0.15, -0.1) is 16.4 Å². The molecule has 1 saturated carbocycles. The highest BCUT2D eigenvalue weighted by atomic mass is 32.1. The first-order valence-electron chi connectivity index (χ1n) is 8.80. The second-order valence-corrected chi connectivity index (χ2v) is 7.42. The Morgan fingerprint density at radius 2 is 2.04 bits per heavy atom. The molecule has 0 aliphatic heterocycles. The van der Waals surface area contributed by atoms with E-state index in [4.69, 9.17) is 0 Å². The Labute approximate surface area is 163 Å². The summed E-state index contributed by atoms with van der Waals surface area (Å²) in [6, 6.07) is 9.42. The van der Waals surface area contributed by atoms with Crippen molar-refractivity contribution in [2.45, 2.75) is 25.4 Å². The molecule has 1 fully saturated rings. The summed E-state index contributed by atoms with van der Waals surface area (Å²) in [6.07, 6.45) is 1.95. The summed E-state index contributed by atoms with van der Waals surface area (Å²) < 4.78 is 3.12. The molecule has 0 atom stereocenters. The Bertz CT molecular complexity index is 1060. The van der Waals surface area contributed by atoms with E-state index in [0.717, 1.165) is 17.7 Å². The summed E-state index contributed by atoms with van der Waals surface area (Å²) in [4.78, 5) is 36.0. The maximum absolute atomic E-state index is 12.7. The molecule has 144 valence electrons. The first kappa shape index (κ1) is 18.1. The van der Waals surface area contributed by atoms with Gasteiger partial charge < -0.3 is 5.32 Å². The molecule has 4 rings (SSSR count). The number of benzene rings is 1. The minimum atomic E-state index is -0.518. The highest BCUT2D eigenvalue weighted by Gasteiger charge is 2.30. The monoisotopic (exact) mass is 399 g/mol. The van der Waals surface area contributed by atoms with Crippen molar-refractivity contribution in [3.05, 3.63) is 67.9 Å². The van der Waals surface area contributed by atoms with E-state index in [9.17, 15) is 19.7 Å². The number of carbonyl (C=O) groups excluding carboxylic acids is 1. The summed E-state index contributed by atoms with van der Waals surface area (Å²) in [5, 5.41) is 19.8. The van der Waals surface area contributed by atoms with Gasteiger partial charge in [-0.25, -0.2) is 9.48 Å². The molecule has 1 aliphatic carbocycles. The van der Waals surface area contributed by atoms with E-state index in [0.29, 0.717) is 11.4 Å². The van der Waals surface area contributed by atoms with Gasteiger partial charge in [0.05, 0.1) is 16.3 Å². The van der Waals surface area contributed by atoms with Gasteiger partial charge in [0.2, 0.25) is 0 Å². The maximum atomic E-state index is 12.7. The van der Waals surface area contributed by atoms with Gasteiger partial charge >= 0.3 is 5.69 Å². The number of rotatable bonds is 7. The van der Waals surface area contributed by atoms with Gasteiger partial charge in [-0.2, -0.15) is 0 Å². The van der Waals surface area contributed by atoms with Gasteiger partial charge in [-0.1, -0.05) is 6.07 Å². The number of nitrogens with one attached hydrogen (secondary N) is 1. The minimum absolute atomic E-state index is 0.0742. The molecule has 2 aromatic heterocycles. The van der Waals surface area contributed by atoms with Crippen LogP contribution in [0.25, 0.3) is 10.7 Å². The lowest BCUT2D eigenvalue weighted by Crippen LogP contribution is -2.32. The van der Waals surface area contributed by atoms with Crippen LogP contribution in [0.3, 0.4) is 0 Å². The lowest BCUT2D eigenvalue weighted by atomic mass is 10.2. The van der Waals surface area contributed by atoms with Gasteiger partial charge in [-0.05, 0) is 36.4 Å². The van der Waals surface area contributed by atoms with E-state index in [1.165, 1.54) is 40.3 Å². The van der Waals surface area contributed by atoms with E-state index in [1.807, 2.05) is 17.5 Å². The molecule has 2 heterocycles. The number of thiophene rings is 1. The molecule has 9 nitrogen and oxygen atoms in total. The van der Waals surface area contributed by atoms with Crippen LogP contribution in [0.1, 0.15) is 29.2 Å². The van der Waals surface area contributed by atoms with Gasteiger partial charge in [0.15, 0.2) is 5.82 Å². The smallest absolute Gasteiger partial charge is 0.346 e. The van der Waals surface area contributed by atoms with Crippen LogP contribution in [0.5, 0.6) is 0 Å². The molecule has 1 aromatic carbocycles. The van der Waals surface area contributed by atoms with Crippen LogP contribution in [0.4, 0.5) is 5.69 Å². The van der Waals surface area contributed by atoms with Crippen molar-refractivity contribution in [2.24, 2.45) is 0 Å². The molecular weight excluding hydrogens is 382 g/mol. The zero-order valence-electron chi connectivity index (χ0n) is 14.8. The molecule has 1 amide bonds. The van der Waals surface area contributed by atoms with Crippen molar-refractivity contribution in [3.8, 4) is 10.7 Å². The van der Waals surface area contributed by atoms with Gasteiger partial charge in [0, 0.05) is 30.3 Å². The summed E-state index contributed by atoms with van der Waals surface area (Å²) in [7, 11) is 0. The second-order valence-electron chi connectivity index (χ2n) is 6.47. The Morgan fingerprint density at radius 3 is 2.64 bits per heavy atom. The average molecular weight is 399 g/mol. The third-order valence-corrected chi connectivity index (χ3v) is 5.34. The van der Waals surface area contributed by atoms with Crippen molar-refractivity contribution in [2.75, 3.05) is 6.54 Å². The third kappa shape index (κ3) is 3.58. The molecule has 0 spiro atoms. The Hall–Kier alpha value is -3.27. The van der Waals surface area contributed by atoms with E-state index in [2.05, 4.69) is 10.4 Å². The maximum Gasteiger partial charge on any atom is 0.346 e. The highest BCUT2D eigenvalue weighted by Crippen LogP contribution is 2.37. The minimum Gasteiger partial charge on any atom is -0.350 e. The average Bonchev–Trinajstić information content (AvgIpc) is 3.26. The molecule has 3 aromatic rings. The molecule has 10 heteroatoms. The van der Waals surface area contributed by atoms with Crippen LogP contribution in [0.2, 0.25) is 0 Å². The van der Waals surface area contributed by atoms with Gasteiger partial charge in [0.1, 0.15) is 0 Å². The number of nitro benzene ring substituents is 1. The van der Waals surface area contributed by atoms with Crippen molar-refractivity contribution < 1.29 is 9.72 Å². The Balaban J connectivity index is 1.44. The fraction of sp³-hybridized carbons (Fsp3) is 0.278. The fourth-order valence-electron chi connectivity index (χ4n) is 2.91. The molecule has 1 N–H and O–H groups in total. The van der Waals surface area contributed by atoms with Crippen molar-refractivity contribution >= 4 is 22.9 Å². The molecule has 0 radical (unpaired) electrons. The molecule has 1 aliphatic rings. The topological polar surface area (TPSA) is 112 Å². The zero-order valence-corrected chi connectivity index (χ0v) is 15.6. The van der Waals surface area contributed by atoms with E-state index < -0.39 is 4.92 Å². The normalized spacial score (nSPS) is 13.4. The lowest BCUT2D eigenvalue weighted by Gasteiger charge is -2.04. The SMILES string of the molecule is O=C(NCCn1nc(-c2cccs2)n(C2CC2)c1=O)c1ccc([N+](=O)[O-])cc1. The van der Waals surface area contributed by atoms with Gasteiger partial charge in [0.25, 0.3) is 11.6 Å². The summed E-state index contributed by atoms with van der Waals surface area (Å²) in [5.74, 6) is 0.312. The predicted molar refractivity (Wildman–Crippen MR) is 104 cm³/mol. The standard InChI is InChI=1S/C18H17N5O4S/c24-17(12-3-5-14(6-4-12)23(26)27)19-9-10-21-18(25)22(13-7-8-13)16(20-21)15-2-1-11-28-15/h1-6,11,13H,7-10H2,(H,19,24). The van der Waals surface area contributed by atoms with Crippen molar-refractivity contribution in [3.63, 3.8) is 0 Å². The van der Waals surface area contributed by atoms with Crippen LogP contribution in [-0.2, 0) is 6.54 Å². The molecule has 0 bridgehead atoms. The highest BCUT2D eigenvalue weighted by molar-refractivity contribution is 7.13. The van der Waals surface area contributed by atoms with Crippen LogP contribution < -0.4 is 11.0 Å². The van der Waals surface area contributed by atoms with E-state index >= 15 is 0 Å². The lowest BCUT2D eigenvalue weighted by molar-refractivity contribution is -0.384. The van der Waals surface area contributed by atoms with Crippen LogP contribution in [-0.4, -0.2) is 31.7 Å². The largest absolute Gasteiger partial charge is 0.350 e.